The van der Waals surface area contributed by atoms with Gasteiger partial charge < -0.3 is 18.2 Å². The minimum atomic E-state index is -0.155. The fraction of sp³-hybridized carbons (Fsp3) is 0.176. The number of nitrogens with zero attached hydrogens (tertiary/aromatic N) is 2. The molecule has 0 radical (unpaired) electrons. The fourth-order valence-corrected chi connectivity index (χ4v) is 11.1. The van der Waals surface area contributed by atoms with Gasteiger partial charge in [0.2, 0.25) is 0 Å². The average molecular weight is 723 g/mol. The van der Waals surface area contributed by atoms with E-state index in [1.54, 1.807) is 0 Å². The zero-order chi connectivity index (χ0) is 37.4. The summed E-state index contributed by atoms with van der Waals surface area (Å²) in [5.74, 6) is 0. The first-order valence-electron chi connectivity index (χ1n) is 20.1. The van der Waals surface area contributed by atoms with E-state index in [2.05, 4.69) is 165 Å². The molecule has 3 aromatic heterocycles. The molecule has 0 amide bonds. The molecule has 4 nitrogen and oxygen atoms in total. The lowest BCUT2D eigenvalue weighted by Gasteiger charge is -2.44. The maximum Gasteiger partial charge on any atom is 0.336 e. The minimum absolute atomic E-state index is 0.0468. The van der Waals surface area contributed by atoms with Gasteiger partial charge in [-0.25, -0.2) is 0 Å². The summed E-state index contributed by atoms with van der Waals surface area (Å²) < 4.78 is 16.5. The number of furan rings is 2. The summed E-state index contributed by atoms with van der Waals surface area (Å²) in [7, 11) is 0. The normalized spacial score (nSPS) is 16.4. The molecule has 0 unspecified atom stereocenters. The second-order valence-electron chi connectivity index (χ2n) is 17.9. The Morgan fingerprint density at radius 2 is 1.29 bits per heavy atom. The van der Waals surface area contributed by atoms with E-state index >= 15 is 0 Å². The van der Waals surface area contributed by atoms with E-state index in [0.29, 0.717) is 0 Å². The summed E-state index contributed by atoms with van der Waals surface area (Å²) in [5.41, 5.74) is 17.8. The van der Waals surface area contributed by atoms with Gasteiger partial charge in [-0.1, -0.05) is 125 Å². The first kappa shape index (κ1) is 31.1. The van der Waals surface area contributed by atoms with Crippen LogP contribution in [0.15, 0.2) is 130 Å². The standard InChI is InChI=1S/C51H39BN2O2/c1-28-25-36-37(51(4,5)24-23-50(36,2)3)27-39(28)53-40-26-29-13-6-7-14-30(29)43-34-17-12-18-35-44-33-16-9-11-20-42(33)56-49(44)54(46(34)35)52(45(40)43)38-22-21-32-31-15-8-10-19-41(31)55-48(32)47(38)53/h6-22,25-27H,23-24H2,1-5H3. The first-order valence-corrected chi connectivity index (χ1v) is 20.1. The highest BCUT2D eigenvalue weighted by Crippen LogP contribution is 2.53. The summed E-state index contributed by atoms with van der Waals surface area (Å²) in [4.78, 5) is 2.58. The van der Waals surface area contributed by atoms with Gasteiger partial charge in [-0.05, 0) is 98.8 Å². The maximum absolute atomic E-state index is 7.06. The number of aryl methyl sites for hydroxylation is 1. The highest BCUT2D eigenvalue weighted by molar-refractivity contribution is 6.90. The Morgan fingerprint density at radius 3 is 2.09 bits per heavy atom. The molecular weight excluding hydrogens is 683 g/mol. The third-order valence-corrected chi connectivity index (χ3v) is 13.9. The van der Waals surface area contributed by atoms with Crippen molar-refractivity contribution in [2.24, 2.45) is 0 Å². The summed E-state index contributed by atoms with van der Waals surface area (Å²) in [6.45, 7) is 11.9. The summed E-state index contributed by atoms with van der Waals surface area (Å²) in [5, 5.41) is 8.34. The van der Waals surface area contributed by atoms with E-state index in [1.807, 2.05) is 0 Å². The zero-order valence-corrected chi connectivity index (χ0v) is 32.2. The van der Waals surface area contributed by atoms with Gasteiger partial charge in [0.1, 0.15) is 11.2 Å². The molecule has 56 heavy (non-hydrogen) atoms. The van der Waals surface area contributed by atoms with E-state index in [0.717, 1.165) is 50.7 Å². The number of anilines is 3. The molecule has 5 heterocycles. The van der Waals surface area contributed by atoms with Gasteiger partial charge in [0.05, 0.1) is 11.1 Å². The molecule has 3 aliphatic rings. The van der Waals surface area contributed by atoms with E-state index in [4.69, 9.17) is 8.83 Å². The van der Waals surface area contributed by atoms with Crippen LogP contribution in [0.4, 0.5) is 17.1 Å². The van der Waals surface area contributed by atoms with Crippen LogP contribution in [0.1, 0.15) is 57.2 Å². The van der Waals surface area contributed by atoms with Gasteiger partial charge in [0.15, 0.2) is 11.3 Å². The first-order chi connectivity index (χ1) is 27.2. The molecule has 2 aliphatic heterocycles. The van der Waals surface area contributed by atoms with E-state index in [9.17, 15) is 0 Å². The molecule has 0 bridgehead atoms. The highest BCUT2D eigenvalue weighted by atomic mass is 16.3. The lowest BCUT2D eigenvalue weighted by Crippen LogP contribution is -2.56. The molecule has 0 atom stereocenters. The maximum atomic E-state index is 7.06. The molecule has 0 saturated carbocycles. The highest BCUT2D eigenvalue weighted by Gasteiger charge is 2.46. The molecule has 0 saturated heterocycles. The molecular formula is C51H39BN2O2. The predicted molar refractivity (Wildman–Crippen MR) is 235 cm³/mol. The van der Waals surface area contributed by atoms with Crippen molar-refractivity contribution in [3.63, 3.8) is 0 Å². The molecule has 13 rings (SSSR count). The second-order valence-corrected chi connectivity index (χ2v) is 17.9. The van der Waals surface area contributed by atoms with Gasteiger partial charge in [-0.15, -0.1) is 0 Å². The van der Waals surface area contributed by atoms with Crippen molar-refractivity contribution in [2.75, 3.05) is 4.90 Å². The zero-order valence-electron chi connectivity index (χ0n) is 32.2. The number of fused-ring (bicyclic) bond motifs is 16. The van der Waals surface area contributed by atoms with Crippen LogP contribution in [0.2, 0.25) is 0 Å². The largest absolute Gasteiger partial charge is 0.454 e. The van der Waals surface area contributed by atoms with Crippen LogP contribution in [0.25, 0.3) is 76.8 Å². The molecule has 10 aromatic rings. The minimum Gasteiger partial charge on any atom is -0.454 e. The second kappa shape index (κ2) is 10.2. The van der Waals surface area contributed by atoms with Gasteiger partial charge in [-0.2, -0.15) is 0 Å². The number of benzene rings is 7. The van der Waals surface area contributed by atoms with E-state index < -0.39 is 0 Å². The number of hydrogen-bond donors (Lipinski definition) is 0. The van der Waals surface area contributed by atoms with Crippen molar-refractivity contribution in [1.29, 1.82) is 0 Å². The van der Waals surface area contributed by atoms with Gasteiger partial charge in [-0.3, -0.25) is 0 Å². The summed E-state index contributed by atoms with van der Waals surface area (Å²) in [6.07, 6.45) is 2.33. The topological polar surface area (TPSA) is 34.5 Å². The van der Waals surface area contributed by atoms with Gasteiger partial charge in [0.25, 0.3) is 0 Å². The van der Waals surface area contributed by atoms with E-state index in [1.165, 1.54) is 83.6 Å². The predicted octanol–water partition coefficient (Wildman–Crippen LogP) is 12.7. The summed E-state index contributed by atoms with van der Waals surface area (Å²) in [6, 6.07) is 45.0. The molecule has 0 N–H and O–H groups in total. The molecule has 1 aliphatic carbocycles. The Hall–Kier alpha value is -6.20. The number of aromatic nitrogens is 1. The lowest BCUT2D eigenvalue weighted by atomic mass is 9.44. The number of para-hydroxylation sites is 3. The molecule has 7 aromatic carbocycles. The van der Waals surface area contributed by atoms with Crippen molar-refractivity contribution in [2.45, 2.75) is 58.3 Å². The number of hydrogen-bond acceptors (Lipinski definition) is 3. The quantitative estimate of drug-likeness (QED) is 0.158. The van der Waals surface area contributed by atoms with Crippen molar-refractivity contribution in [3.8, 4) is 11.1 Å². The lowest BCUT2D eigenvalue weighted by molar-refractivity contribution is 0.332. The number of rotatable bonds is 1. The fourth-order valence-electron chi connectivity index (χ4n) is 11.1. The smallest absolute Gasteiger partial charge is 0.336 e. The van der Waals surface area contributed by atoms with Crippen molar-refractivity contribution >= 4 is 101 Å². The van der Waals surface area contributed by atoms with Crippen molar-refractivity contribution in [3.05, 3.63) is 138 Å². The molecule has 268 valence electrons. The Bertz CT molecular complexity index is 3410. The molecule has 0 fully saturated rings. The van der Waals surface area contributed by atoms with Gasteiger partial charge in [0, 0.05) is 44.0 Å². The SMILES string of the molecule is Cc1cc2c(cc1N1c3cc4ccccc4c4c3B(c3ccc5c(oc6ccccc65)c31)n1c3oc5ccccc5c3c3cccc-4c31)C(C)(C)CCC2(C)C. The third kappa shape index (κ3) is 3.68. The van der Waals surface area contributed by atoms with Crippen LogP contribution < -0.4 is 15.8 Å². The molecule has 0 spiro atoms. The van der Waals surface area contributed by atoms with Crippen LogP contribution in [0, 0.1) is 6.92 Å². The van der Waals surface area contributed by atoms with Crippen molar-refractivity contribution < 1.29 is 8.83 Å². The van der Waals surface area contributed by atoms with Crippen LogP contribution >= 0.6 is 0 Å². The third-order valence-electron chi connectivity index (χ3n) is 13.9. The van der Waals surface area contributed by atoms with Gasteiger partial charge >= 0.3 is 6.85 Å². The Kier molecular flexibility index (Phi) is 5.63. The van der Waals surface area contributed by atoms with Crippen LogP contribution in [-0.2, 0) is 10.8 Å². The van der Waals surface area contributed by atoms with Crippen molar-refractivity contribution in [1.82, 2.24) is 4.48 Å². The monoisotopic (exact) mass is 722 g/mol. The summed E-state index contributed by atoms with van der Waals surface area (Å²) >= 11 is 0. The van der Waals surface area contributed by atoms with Crippen LogP contribution in [0.3, 0.4) is 0 Å². The van der Waals surface area contributed by atoms with Crippen LogP contribution in [0.5, 0.6) is 0 Å². The average Bonchev–Trinajstić information content (AvgIpc) is 3.88. The Balaban J connectivity index is 1.25. The molecule has 5 heteroatoms. The Labute approximate surface area is 325 Å². The van der Waals surface area contributed by atoms with E-state index in [-0.39, 0.29) is 17.7 Å². The van der Waals surface area contributed by atoms with Crippen LogP contribution in [-0.4, -0.2) is 11.3 Å². The Morgan fingerprint density at radius 1 is 0.607 bits per heavy atom.